The first kappa shape index (κ1) is 9.31. The minimum Gasteiger partial charge on any atom is -0.207 e. The highest BCUT2D eigenvalue weighted by Gasteiger charge is 2.06. The minimum absolute atomic E-state index is 0.202. The van der Waals surface area contributed by atoms with Crippen molar-refractivity contribution < 1.29 is 4.39 Å². The number of thioether (sulfide) groups is 1. The standard InChI is InChI=1S/C9H6ClFS2/c1-12-7-4-6(11)2-5-3-8(10)13-9(5)7/h2-4H,1H3. The Balaban J connectivity index is 2.80. The van der Waals surface area contributed by atoms with E-state index in [4.69, 9.17) is 11.6 Å². The second-order valence-corrected chi connectivity index (χ2v) is 5.11. The fraction of sp³-hybridized carbons (Fsp3) is 0.111. The lowest BCUT2D eigenvalue weighted by Crippen LogP contribution is -1.75. The van der Waals surface area contributed by atoms with Crippen molar-refractivity contribution in [3.8, 4) is 0 Å². The summed E-state index contributed by atoms with van der Waals surface area (Å²) in [6.07, 6.45) is 1.93. The van der Waals surface area contributed by atoms with E-state index >= 15 is 0 Å². The summed E-state index contributed by atoms with van der Waals surface area (Å²) in [6, 6.07) is 4.85. The Hall–Kier alpha value is -0.250. The molecule has 0 spiro atoms. The van der Waals surface area contributed by atoms with Gasteiger partial charge in [-0.1, -0.05) is 11.6 Å². The highest BCUT2D eigenvalue weighted by Crippen LogP contribution is 2.36. The molecule has 1 heterocycles. The molecule has 0 amide bonds. The number of hydrogen-bond acceptors (Lipinski definition) is 2. The number of rotatable bonds is 1. The molecule has 0 radical (unpaired) electrons. The number of hydrogen-bond donors (Lipinski definition) is 0. The number of benzene rings is 1. The van der Waals surface area contributed by atoms with E-state index in [1.807, 2.05) is 6.26 Å². The summed E-state index contributed by atoms with van der Waals surface area (Å²) in [4.78, 5) is 0.951. The molecular weight excluding hydrogens is 227 g/mol. The Morgan fingerprint density at radius 3 is 2.85 bits per heavy atom. The van der Waals surface area contributed by atoms with Crippen molar-refractivity contribution in [2.24, 2.45) is 0 Å². The predicted molar refractivity (Wildman–Crippen MR) is 58.6 cm³/mol. The minimum atomic E-state index is -0.202. The van der Waals surface area contributed by atoms with Crippen LogP contribution in [0.15, 0.2) is 23.1 Å². The maximum absolute atomic E-state index is 13.0. The first-order valence-corrected chi connectivity index (χ1v) is 6.05. The molecule has 1 aromatic carbocycles. The summed E-state index contributed by atoms with van der Waals surface area (Å²) >= 11 is 8.88. The molecule has 0 aliphatic carbocycles. The zero-order chi connectivity index (χ0) is 9.42. The average Bonchev–Trinajstić information content (AvgIpc) is 2.43. The Labute approximate surface area is 88.7 Å². The smallest absolute Gasteiger partial charge is 0.125 e. The van der Waals surface area contributed by atoms with Gasteiger partial charge in [0, 0.05) is 9.60 Å². The molecule has 0 saturated heterocycles. The Bertz CT molecular complexity index is 450. The molecule has 2 rings (SSSR count). The molecule has 68 valence electrons. The van der Waals surface area contributed by atoms with Crippen LogP contribution < -0.4 is 0 Å². The summed E-state index contributed by atoms with van der Waals surface area (Å²) in [7, 11) is 0. The van der Waals surface area contributed by atoms with Crippen molar-refractivity contribution in [1.82, 2.24) is 0 Å². The summed E-state index contributed by atoms with van der Waals surface area (Å²) < 4.78 is 14.8. The van der Waals surface area contributed by atoms with Crippen LogP contribution in [0.4, 0.5) is 4.39 Å². The van der Waals surface area contributed by atoms with Crippen LogP contribution in [0.1, 0.15) is 0 Å². The van der Waals surface area contributed by atoms with Gasteiger partial charge in [-0.25, -0.2) is 4.39 Å². The highest BCUT2D eigenvalue weighted by atomic mass is 35.5. The monoisotopic (exact) mass is 232 g/mol. The van der Waals surface area contributed by atoms with Gasteiger partial charge in [0.15, 0.2) is 0 Å². The van der Waals surface area contributed by atoms with Gasteiger partial charge >= 0.3 is 0 Å². The first-order chi connectivity index (χ1) is 6.20. The van der Waals surface area contributed by atoms with E-state index in [0.29, 0.717) is 4.34 Å². The fourth-order valence-corrected chi connectivity index (χ4v) is 3.24. The molecule has 0 aliphatic rings. The largest absolute Gasteiger partial charge is 0.207 e. The van der Waals surface area contributed by atoms with Crippen LogP contribution in [0.2, 0.25) is 4.34 Å². The molecule has 0 unspecified atom stereocenters. The van der Waals surface area contributed by atoms with Crippen LogP contribution in [-0.4, -0.2) is 6.26 Å². The van der Waals surface area contributed by atoms with Gasteiger partial charge in [-0.15, -0.1) is 23.1 Å². The van der Waals surface area contributed by atoms with E-state index in [9.17, 15) is 4.39 Å². The molecule has 2 aromatic rings. The van der Waals surface area contributed by atoms with E-state index in [2.05, 4.69) is 0 Å². The summed E-state index contributed by atoms with van der Waals surface area (Å²) in [6.45, 7) is 0. The summed E-state index contributed by atoms with van der Waals surface area (Å²) in [5.41, 5.74) is 0. The van der Waals surface area contributed by atoms with Gasteiger partial charge in [0.1, 0.15) is 5.82 Å². The lowest BCUT2D eigenvalue weighted by molar-refractivity contribution is 0.627. The van der Waals surface area contributed by atoms with Crippen molar-refractivity contribution in [2.45, 2.75) is 4.90 Å². The topological polar surface area (TPSA) is 0 Å². The average molecular weight is 233 g/mol. The molecule has 0 aliphatic heterocycles. The number of thiophene rings is 1. The van der Waals surface area contributed by atoms with Gasteiger partial charge in [0.2, 0.25) is 0 Å². The SMILES string of the molecule is CSc1cc(F)cc2cc(Cl)sc12. The van der Waals surface area contributed by atoms with Crippen LogP contribution >= 0.6 is 34.7 Å². The molecule has 0 bridgehead atoms. The summed E-state index contributed by atoms with van der Waals surface area (Å²) in [5.74, 6) is -0.202. The first-order valence-electron chi connectivity index (χ1n) is 3.63. The van der Waals surface area contributed by atoms with Crippen molar-refractivity contribution in [2.75, 3.05) is 6.26 Å². The Morgan fingerprint density at radius 1 is 1.38 bits per heavy atom. The van der Waals surface area contributed by atoms with Crippen molar-refractivity contribution in [3.63, 3.8) is 0 Å². The Kier molecular flexibility index (Phi) is 2.49. The van der Waals surface area contributed by atoms with Crippen molar-refractivity contribution in [3.05, 3.63) is 28.4 Å². The molecule has 0 atom stereocenters. The quantitative estimate of drug-likeness (QED) is 0.656. The van der Waals surface area contributed by atoms with Crippen LogP contribution in [0.5, 0.6) is 0 Å². The molecule has 0 saturated carbocycles. The second-order valence-electron chi connectivity index (χ2n) is 2.58. The second kappa shape index (κ2) is 3.48. The molecule has 1 aromatic heterocycles. The maximum Gasteiger partial charge on any atom is 0.125 e. The molecular formula is C9H6ClFS2. The zero-order valence-corrected chi connectivity index (χ0v) is 9.19. The lowest BCUT2D eigenvalue weighted by atomic mass is 10.2. The molecule has 13 heavy (non-hydrogen) atoms. The molecule has 0 nitrogen and oxygen atoms in total. The predicted octanol–water partition coefficient (Wildman–Crippen LogP) is 4.42. The van der Waals surface area contributed by atoms with Crippen LogP contribution in [0, 0.1) is 5.82 Å². The lowest BCUT2D eigenvalue weighted by Gasteiger charge is -1.97. The normalized spacial score (nSPS) is 11.0. The molecule has 0 fully saturated rings. The van der Waals surface area contributed by atoms with Crippen molar-refractivity contribution >= 4 is 44.8 Å². The molecule has 0 N–H and O–H groups in total. The molecule has 4 heteroatoms. The fourth-order valence-electron chi connectivity index (χ4n) is 1.21. The van der Waals surface area contributed by atoms with Crippen LogP contribution in [0.3, 0.4) is 0 Å². The van der Waals surface area contributed by atoms with E-state index in [1.54, 1.807) is 12.1 Å². The van der Waals surface area contributed by atoms with Crippen molar-refractivity contribution in [1.29, 1.82) is 0 Å². The zero-order valence-electron chi connectivity index (χ0n) is 6.80. The van der Waals surface area contributed by atoms with Gasteiger partial charge < -0.3 is 0 Å². The van der Waals surface area contributed by atoms with Gasteiger partial charge in [0.25, 0.3) is 0 Å². The Morgan fingerprint density at radius 2 is 2.15 bits per heavy atom. The number of halogens is 2. The maximum atomic E-state index is 13.0. The van der Waals surface area contributed by atoms with E-state index in [0.717, 1.165) is 15.0 Å². The van der Waals surface area contributed by atoms with Gasteiger partial charge in [0.05, 0.1) is 4.34 Å². The van der Waals surface area contributed by atoms with E-state index in [1.165, 1.54) is 29.2 Å². The van der Waals surface area contributed by atoms with Crippen LogP contribution in [-0.2, 0) is 0 Å². The number of fused-ring (bicyclic) bond motifs is 1. The van der Waals surface area contributed by atoms with Crippen LogP contribution in [0.25, 0.3) is 10.1 Å². The van der Waals surface area contributed by atoms with Gasteiger partial charge in [-0.2, -0.15) is 0 Å². The third-order valence-corrected chi connectivity index (χ3v) is 3.94. The van der Waals surface area contributed by atoms with E-state index < -0.39 is 0 Å². The van der Waals surface area contributed by atoms with Gasteiger partial charge in [-0.05, 0) is 29.8 Å². The van der Waals surface area contributed by atoms with Gasteiger partial charge in [-0.3, -0.25) is 0 Å². The third kappa shape index (κ3) is 1.68. The third-order valence-electron chi connectivity index (χ3n) is 1.74. The van der Waals surface area contributed by atoms with E-state index in [-0.39, 0.29) is 5.82 Å². The highest BCUT2D eigenvalue weighted by molar-refractivity contribution is 7.99. The summed E-state index contributed by atoms with van der Waals surface area (Å²) in [5, 5.41) is 0.888.